The number of benzene rings is 1. The molecule has 1 rings (SSSR count). The Kier molecular flexibility index (Phi) is 30.8. The summed E-state index contributed by atoms with van der Waals surface area (Å²) in [5, 5.41) is 33.8. The Morgan fingerprint density at radius 2 is 1.06 bits per heavy atom. The predicted octanol–water partition coefficient (Wildman–Crippen LogP) is 0.533. The lowest BCUT2D eigenvalue weighted by Gasteiger charge is -2.28. The number of Topliss-reactive ketones (excluding diaryl/α,β-unsaturated/α-hetero) is 1. The smallest absolute Gasteiger partial charge is 0.312 e. The average Bonchev–Trinajstić information content (AvgIpc) is 3.28. The lowest BCUT2D eigenvalue weighted by atomic mass is 10.0. The van der Waals surface area contributed by atoms with E-state index in [9.17, 15) is 58.2 Å². The van der Waals surface area contributed by atoms with Crippen molar-refractivity contribution in [2.24, 2.45) is 17.6 Å². The maximum atomic E-state index is 13.8. The second-order valence-electron chi connectivity index (χ2n) is 16.3. The van der Waals surface area contributed by atoms with E-state index >= 15 is 0 Å². The molecule has 69 heavy (non-hydrogen) atoms. The van der Waals surface area contributed by atoms with Crippen LogP contribution in [0.1, 0.15) is 91.5 Å². The van der Waals surface area contributed by atoms with Gasteiger partial charge in [0.2, 0.25) is 29.5 Å². The zero-order chi connectivity index (χ0) is 51.7. The number of ketones is 1. The summed E-state index contributed by atoms with van der Waals surface area (Å²) in [6, 6.07) is -0.0609. The molecule has 0 radical (unpaired) electrons. The van der Waals surface area contributed by atoms with Gasteiger partial charge in [0, 0.05) is 50.8 Å². The van der Waals surface area contributed by atoms with Crippen LogP contribution in [0.5, 0.6) is 0 Å². The molecule has 0 saturated carbocycles. The molecule has 0 heterocycles. The number of rotatable bonds is 38. The van der Waals surface area contributed by atoms with Crippen LogP contribution in [0.15, 0.2) is 24.3 Å². The Morgan fingerprint density at radius 1 is 0.580 bits per heavy atom. The molecule has 0 aromatic heterocycles. The maximum absolute atomic E-state index is 13.8. The van der Waals surface area contributed by atoms with Crippen LogP contribution in [0.25, 0.3) is 0 Å². The second-order valence-corrected chi connectivity index (χ2v) is 16.3. The number of carbonyl (C=O) groups is 10. The summed E-state index contributed by atoms with van der Waals surface area (Å²) in [7, 11) is 0. The highest BCUT2D eigenvalue weighted by Gasteiger charge is 2.33. The van der Waals surface area contributed by atoms with Crippen molar-refractivity contribution in [3.63, 3.8) is 0 Å². The summed E-state index contributed by atoms with van der Waals surface area (Å²) in [5.74, 6) is -7.74. The zero-order valence-electron chi connectivity index (χ0n) is 40.1. The molecule has 1 aromatic rings. The van der Waals surface area contributed by atoms with Crippen LogP contribution < -0.4 is 37.6 Å². The first kappa shape index (κ1) is 60.8. The molecule has 24 nitrogen and oxygen atoms in total. The summed E-state index contributed by atoms with van der Waals surface area (Å²) >= 11 is 0. The van der Waals surface area contributed by atoms with Crippen molar-refractivity contribution in [2.75, 3.05) is 64.7 Å². The van der Waals surface area contributed by atoms with Crippen molar-refractivity contribution in [3.05, 3.63) is 29.8 Å². The fourth-order valence-electron chi connectivity index (χ4n) is 5.94. The van der Waals surface area contributed by atoms with Gasteiger partial charge in [-0.3, -0.25) is 43.2 Å². The van der Waals surface area contributed by atoms with Crippen LogP contribution in [-0.4, -0.2) is 153 Å². The van der Waals surface area contributed by atoms with Crippen LogP contribution >= 0.6 is 0 Å². The van der Waals surface area contributed by atoms with Gasteiger partial charge >= 0.3 is 23.9 Å². The third-order valence-electron chi connectivity index (χ3n) is 9.82. The van der Waals surface area contributed by atoms with Gasteiger partial charge in [0.1, 0.15) is 36.6 Å². The molecule has 388 valence electrons. The van der Waals surface area contributed by atoms with E-state index in [4.69, 9.17) is 29.4 Å². The fraction of sp³-hybridized carbons (Fsp3) is 0.644. The highest BCUT2D eigenvalue weighted by atomic mass is 16.6. The van der Waals surface area contributed by atoms with E-state index < -0.39 is 109 Å². The average molecular weight is 982 g/mol. The normalized spacial score (nSPS) is 12.7. The highest BCUT2D eigenvalue weighted by Crippen LogP contribution is 2.14. The Bertz CT molecular complexity index is 1810. The molecule has 10 N–H and O–H groups in total. The van der Waals surface area contributed by atoms with Gasteiger partial charge in [0.25, 0.3) is 0 Å². The number of nitrogens with two attached hydrogens (primary N) is 1. The molecule has 0 unspecified atom stereocenters. The number of anilines is 1. The van der Waals surface area contributed by atoms with E-state index in [1.165, 1.54) is 6.92 Å². The van der Waals surface area contributed by atoms with Crippen molar-refractivity contribution in [1.29, 1.82) is 0 Å². The summed E-state index contributed by atoms with van der Waals surface area (Å²) in [5.41, 5.74) is 6.14. The minimum atomic E-state index is -1.58. The van der Waals surface area contributed by atoms with Gasteiger partial charge in [-0.1, -0.05) is 39.8 Å². The number of nitrogens with one attached hydrogen (secondary N) is 6. The molecule has 0 aliphatic carbocycles. The van der Waals surface area contributed by atoms with Gasteiger partial charge in [-0.2, -0.15) is 0 Å². The number of ether oxygens (including phenoxy) is 5. The molecule has 24 heteroatoms. The Labute approximate surface area is 401 Å². The quantitative estimate of drug-likeness (QED) is 0.0322. The van der Waals surface area contributed by atoms with E-state index in [-0.39, 0.29) is 70.5 Å². The summed E-state index contributed by atoms with van der Waals surface area (Å²) in [4.78, 5) is 125. The Morgan fingerprint density at radius 3 is 1.55 bits per heavy atom. The number of aliphatic carboxylic acids is 2. The van der Waals surface area contributed by atoms with E-state index in [2.05, 4.69) is 31.9 Å². The van der Waals surface area contributed by atoms with E-state index in [0.717, 1.165) is 0 Å². The number of esters is 1. The van der Waals surface area contributed by atoms with E-state index in [0.29, 0.717) is 44.1 Å². The number of hydrogen-bond donors (Lipinski definition) is 9. The van der Waals surface area contributed by atoms with Gasteiger partial charge in [-0.15, -0.1) is 0 Å². The number of urea groups is 1. The SMILES string of the molecule is CC(=O)OCc1ccc(NC(=O)[C@H](CCCNC(N)=O)NC(=O)[C@@H](NC(=O)[C@H](CCC(=O)O)NC(=O)[C@H](CCC(=O)O)NC(=O)CCOCCOCCOCCOCCC(=O)C(C)C)C(C)C)cc1. The van der Waals surface area contributed by atoms with Crippen LogP contribution in [-0.2, 0) is 73.4 Å². The molecule has 0 aliphatic rings. The van der Waals surface area contributed by atoms with Crippen molar-refractivity contribution in [2.45, 2.75) is 117 Å². The highest BCUT2D eigenvalue weighted by molar-refractivity contribution is 5.99. The monoisotopic (exact) mass is 981 g/mol. The van der Waals surface area contributed by atoms with Crippen LogP contribution in [0, 0.1) is 11.8 Å². The number of carboxylic acids is 2. The molecule has 1 aromatic carbocycles. The largest absolute Gasteiger partial charge is 0.481 e. The van der Waals surface area contributed by atoms with Crippen LogP contribution in [0.4, 0.5) is 10.5 Å². The molecule has 7 amide bonds. The van der Waals surface area contributed by atoms with E-state index in [1.54, 1.807) is 38.1 Å². The molecular formula is C45H71N7O17. The predicted molar refractivity (Wildman–Crippen MR) is 246 cm³/mol. The fourth-order valence-corrected chi connectivity index (χ4v) is 5.94. The van der Waals surface area contributed by atoms with Crippen LogP contribution in [0.2, 0.25) is 0 Å². The Balaban J connectivity index is 2.91. The zero-order valence-corrected chi connectivity index (χ0v) is 40.1. The van der Waals surface area contributed by atoms with Crippen molar-refractivity contribution in [1.82, 2.24) is 26.6 Å². The van der Waals surface area contributed by atoms with Crippen LogP contribution in [0.3, 0.4) is 0 Å². The molecule has 0 spiro atoms. The molecule has 0 bridgehead atoms. The summed E-state index contributed by atoms with van der Waals surface area (Å²) in [6.07, 6.45) is -1.72. The topological polar surface area (TPSA) is 356 Å². The molecular weight excluding hydrogens is 911 g/mol. The third-order valence-corrected chi connectivity index (χ3v) is 9.82. The molecule has 0 fully saturated rings. The number of hydrogen-bond acceptors (Lipinski definition) is 15. The summed E-state index contributed by atoms with van der Waals surface area (Å²) < 4.78 is 26.6. The molecule has 0 aliphatic heterocycles. The summed E-state index contributed by atoms with van der Waals surface area (Å²) in [6.45, 7) is 9.96. The molecule has 4 atom stereocenters. The standard InChI is InChI=1S/C45H71N7O17/c1-28(2)36(54)16-19-65-21-23-67-25-26-68-24-22-66-20-17-37(55)49-34(12-14-38(56)57)42(61)50-35(13-15-39(58)59)43(62)52-40(29(3)4)44(63)51-33(7-6-18-47-45(46)64)41(60)48-32-10-8-31(9-11-32)27-69-30(5)53/h8-11,28-29,33-35,40H,6-7,12-27H2,1-5H3,(H,48,60)(H,49,55)(H,50,61)(H,51,63)(H,52,62)(H,56,57)(H,58,59)(H3,46,47,64)/t33-,34-,35-,40-/m0/s1. The van der Waals surface area contributed by atoms with Gasteiger partial charge in [-0.25, -0.2) is 4.79 Å². The minimum Gasteiger partial charge on any atom is -0.481 e. The first-order valence-corrected chi connectivity index (χ1v) is 22.7. The number of carbonyl (C=O) groups excluding carboxylic acids is 8. The maximum Gasteiger partial charge on any atom is 0.312 e. The first-order valence-electron chi connectivity index (χ1n) is 22.7. The number of amides is 7. The van der Waals surface area contributed by atoms with Gasteiger partial charge in [0.15, 0.2) is 0 Å². The lowest BCUT2D eigenvalue weighted by molar-refractivity contribution is -0.142. The second kappa shape index (κ2) is 35.0. The van der Waals surface area contributed by atoms with E-state index in [1.807, 2.05) is 13.8 Å². The first-order chi connectivity index (χ1) is 32.7. The Hall–Kier alpha value is -6.24. The number of carboxylic acid groups (broad SMARTS) is 2. The van der Waals surface area contributed by atoms with Gasteiger partial charge < -0.3 is 71.5 Å². The number of primary amides is 1. The molecule has 0 saturated heterocycles. The van der Waals surface area contributed by atoms with Crippen molar-refractivity contribution < 1.29 is 81.8 Å². The minimum absolute atomic E-state index is 0.00131. The third kappa shape index (κ3) is 29.3. The lowest BCUT2D eigenvalue weighted by Crippen LogP contribution is -2.59. The van der Waals surface area contributed by atoms with Gasteiger partial charge in [-0.05, 0) is 49.3 Å². The van der Waals surface area contributed by atoms with Crippen molar-refractivity contribution >= 4 is 64.9 Å². The van der Waals surface area contributed by atoms with Crippen molar-refractivity contribution in [3.8, 4) is 0 Å². The van der Waals surface area contributed by atoms with Gasteiger partial charge in [0.05, 0.1) is 52.9 Å².